The first-order valence-corrected chi connectivity index (χ1v) is 8.95. The fourth-order valence-corrected chi connectivity index (χ4v) is 3.25. The van der Waals surface area contributed by atoms with Gasteiger partial charge in [-0.2, -0.15) is 0 Å². The predicted octanol–water partition coefficient (Wildman–Crippen LogP) is 2.47. The fourth-order valence-electron chi connectivity index (χ4n) is 3.25. The van der Waals surface area contributed by atoms with Crippen LogP contribution < -0.4 is 10.2 Å². The van der Waals surface area contributed by atoms with E-state index in [4.69, 9.17) is 0 Å². The Bertz CT molecular complexity index is 814. The molecule has 1 aliphatic heterocycles. The van der Waals surface area contributed by atoms with Crippen LogP contribution >= 0.6 is 0 Å². The molecule has 1 aliphatic rings. The van der Waals surface area contributed by atoms with E-state index >= 15 is 0 Å². The molecular weight excluding hydrogens is 326 g/mol. The first kappa shape index (κ1) is 18.3. The van der Waals surface area contributed by atoms with E-state index in [-0.39, 0.29) is 5.91 Å². The predicted molar refractivity (Wildman–Crippen MR) is 105 cm³/mol. The van der Waals surface area contributed by atoms with Gasteiger partial charge in [0.2, 0.25) is 5.91 Å². The standard InChI is InChI=1S/C20H27N5O/c1-13-6-7-18(14(2)8-13)23-19(26)11-24(5)17-9-25(10-17)20-15(3)16(4)21-12-22-20/h6-8,12,17H,9-11H2,1-5H3,(H,23,26). The number of carbonyl (C=O) groups is 1. The second-order valence-corrected chi connectivity index (χ2v) is 7.25. The molecule has 0 bridgehead atoms. The first-order valence-electron chi connectivity index (χ1n) is 8.95. The minimum Gasteiger partial charge on any atom is -0.353 e. The number of aromatic nitrogens is 2. The summed E-state index contributed by atoms with van der Waals surface area (Å²) in [7, 11) is 2.00. The third-order valence-electron chi connectivity index (χ3n) is 5.14. The number of hydrogen-bond donors (Lipinski definition) is 1. The summed E-state index contributed by atoms with van der Waals surface area (Å²) in [6.45, 7) is 10.3. The van der Waals surface area contributed by atoms with Gasteiger partial charge >= 0.3 is 0 Å². The zero-order valence-electron chi connectivity index (χ0n) is 16.2. The van der Waals surface area contributed by atoms with Crippen molar-refractivity contribution in [2.75, 3.05) is 36.9 Å². The van der Waals surface area contributed by atoms with Crippen LogP contribution in [0.1, 0.15) is 22.4 Å². The van der Waals surface area contributed by atoms with Gasteiger partial charge in [-0.05, 0) is 46.4 Å². The van der Waals surface area contributed by atoms with E-state index in [2.05, 4.69) is 45.0 Å². The summed E-state index contributed by atoms with van der Waals surface area (Å²) in [5.41, 5.74) is 5.31. The molecule has 0 unspecified atom stereocenters. The number of nitrogens with one attached hydrogen (secondary N) is 1. The molecular formula is C20H27N5O. The molecule has 1 N–H and O–H groups in total. The Labute approximate surface area is 155 Å². The quantitative estimate of drug-likeness (QED) is 0.895. The lowest BCUT2D eigenvalue weighted by Gasteiger charge is -2.45. The summed E-state index contributed by atoms with van der Waals surface area (Å²) < 4.78 is 0. The van der Waals surface area contributed by atoms with Crippen molar-refractivity contribution >= 4 is 17.4 Å². The molecule has 0 spiro atoms. The monoisotopic (exact) mass is 353 g/mol. The molecule has 138 valence electrons. The Morgan fingerprint density at radius 1 is 1.23 bits per heavy atom. The SMILES string of the molecule is Cc1ccc(NC(=O)CN(C)C2CN(c3ncnc(C)c3C)C2)c(C)c1. The van der Waals surface area contributed by atoms with Gasteiger partial charge in [0.15, 0.2) is 0 Å². The maximum atomic E-state index is 12.4. The second kappa shape index (κ2) is 7.41. The van der Waals surface area contributed by atoms with Crippen LogP contribution in [0.15, 0.2) is 24.5 Å². The van der Waals surface area contributed by atoms with Crippen LogP contribution in [0.25, 0.3) is 0 Å². The molecule has 1 amide bonds. The number of aryl methyl sites for hydroxylation is 3. The van der Waals surface area contributed by atoms with Gasteiger partial charge in [0.25, 0.3) is 0 Å². The van der Waals surface area contributed by atoms with Gasteiger partial charge in [-0.1, -0.05) is 17.7 Å². The van der Waals surface area contributed by atoms with Crippen LogP contribution in [0.5, 0.6) is 0 Å². The van der Waals surface area contributed by atoms with E-state index in [0.29, 0.717) is 12.6 Å². The molecule has 0 aliphatic carbocycles. The molecule has 1 aromatic heterocycles. The van der Waals surface area contributed by atoms with Gasteiger partial charge in [0.1, 0.15) is 12.1 Å². The Hall–Kier alpha value is -2.47. The number of anilines is 2. The highest BCUT2D eigenvalue weighted by Gasteiger charge is 2.32. The van der Waals surface area contributed by atoms with E-state index < -0.39 is 0 Å². The molecule has 0 radical (unpaired) electrons. The maximum absolute atomic E-state index is 12.4. The van der Waals surface area contributed by atoms with Crippen molar-refractivity contribution in [2.24, 2.45) is 0 Å². The van der Waals surface area contributed by atoms with Gasteiger partial charge in [-0.25, -0.2) is 9.97 Å². The van der Waals surface area contributed by atoms with Gasteiger partial charge in [-0.15, -0.1) is 0 Å². The van der Waals surface area contributed by atoms with Gasteiger partial charge in [0, 0.05) is 36.1 Å². The van der Waals surface area contributed by atoms with Gasteiger partial charge in [-0.3, -0.25) is 9.69 Å². The normalized spacial score (nSPS) is 14.5. The van der Waals surface area contributed by atoms with E-state index in [1.54, 1.807) is 6.33 Å². The zero-order valence-corrected chi connectivity index (χ0v) is 16.2. The zero-order chi connectivity index (χ0) is 18.8. The van der Waals surface area contributed by atoms with Crippen LogP contribution in [0.2, 0.25) is 0 Å². The molecule has 1 saturated heterocycles. The largest absolute Gasteiger partial charge is 0.353 e. The molecule has 2 heterocycles. The summed E-state index contributed by atoms with van der Waals surface area (Å²) >= 11 is 0. The molecule has 2 aromatic rings. The van der Waals surface area contributed by atoms with E-state index in [9.17, 15) is 4.79 Å². The maximum Gasteiger partial charge on any atom is 0.238 e. The van der Waals surface area contributed by atoms with Crippen molar-refractivity contribution in [2.45, 2.75) is 33.7 Å². The van der Waals surface area contributed by atoms with Crippen LogP contribution in [0, 0.1) is 27.7 Å². The highest BCUT2D eigenvalue weighted by Crippen LogP contribution is 2.25. The lowest BCUT2D eigenvalue weighted by Crippen LogP contribution is -2.60. The minimum atomic E-state index is 0.0203. The van der Waals surface area contributed by atoms with Crippen molar-refractivity contribution < 1.29 is 4.79 Å². The third-order valence-corrected chi connectivity index (χ3v) is 5.14. The molecule has 3 rings (SSSR count). The number of rotatable bonds is 5. The molecule has 1 fully saturated rings. The average Bonchev–Trinajstić information content (AvgIpc) is 2.52. The van der Waals surface area contributed by atoms with Crippen LogP contribution in [0.3, 0.4) is 0 Å². The lowest BCUT2D eigenvalue weighted by molar-refractivity contribution is -0.117. The average molecular weight is 353 g/mol. The topological polar surface area (TPSA) is 61.4 Å². The van der Waals surface area contributed by atoms with Crippen molar-refractivity contribution in [1.82, 2.24) is 14.9 Å². The number of carbonyl (C=O) groups excluding carboxylic acids is 1. The molecule has 0 atom stereocenters. The highest BCUT2D eigenvalue weighted by atomic mass is 16.2. The Morgan fingerprint density at radius 3 is 2.65 bits per heavy atom. The fraction of sp³-hybridized carbons (Fsp3) is 0.450. The van der Waals surface area contributed by atoms with Gasteiger partial charge < -0.3 is 10.2 Å². The Morgan fingerprint density at radius 2 is 1.96 bits per heavy atom. The smallest absolute Gasteiger partial charge is 0.238 e. The number of nitrogens with zero attached hydrogens (tertiary/aromatic N) is 4. The van der Waals surface area contributed by atoms with Crippen molar-refractivity contribution in [3.05, 3.63) is 46.9 Å². The Balaban J connectivity index is 1.52. The van der Waals surface area contributed by atoms with Gasteiger partial charge in [0.05, 0.1) is 6.54 Å². The number of amides is 1. The lowest BCUT2D eigenvalue weighted by atomic mass is 10.1. The van der Waals surface area contributed by atoms with E-state index in [1.807, 2.05) is 33.0 Å². The summed E-state index contributed by atoms with van der Waals surface area (Å²) in [6.07, 6.45) is 1.62. The summed E-state index contributed by atoms with van der Waals surface area (Å²) in [6, 6.07) is 6.42. The molecule has 0 saturated carbocycles. The van der Waals surface area contributed by atoms with Crippen LogP contribution in [-0.4, -0.2) is 53.5 Å². The van der Waals surface area contributed by atoms with Crippen molar-refractivity contribution in [1.29, 1.82) is 0 Å². The van der Waals surface area contributed by atoms with Crippen molar-refractivity contribution in [3.63, 3.8) is 0 Å². The Kier molecular flexibility index (Phi) is 5.23. The van der Waals surface area contributed by atoms with Crippen LogP contribution in [-0.2, 0) is 4.79 Å². The first-order chi connectivity index (χ1) is 12.3. The summed E-state index contributed by atoms with van der Waals surface area (Å²) in [5.74, 6) is 1.02. The van der Waals surface area contributed by atoms with Crippen molar-refractivity contribution in [3.8, 4) is 0 Å². The highest BCUT2D eigenvalue weighted by molar-refractivity contribution is 5.93. The van der Waals surface area contributed by atoms with Crippen LogP contribution in [0.4, 0.5) is 11.5 Å². The molecule has 26 heavy (non-hydrogen) atoms. The number of hydrogen-bond acceptors (Lipinski definition) is 5. The molecule has 1 aromatic carbocycles. The number of likely N-dealkylation sites (N-methyl/N-ethyl adjacent to an activating group) is 1. The minimum absolute atomic E-state index is 0.0203. The molecule has 6 heteroatoms. The summed E-state index contributed by atoms with van der Waals surface area (Å²) in [5, 5.41) is 3.02. The summed E-state index contributed by atoms with van der Waals surface area (Å²) in [4.78, 5) is 25.4. The van der Waals surface area contributed by atoms with E-state index in [1.165, 1.54) is 5.56 Å². The molecule has 6 nitrogen and oxygen atoms in total. The van der Waals surface area contributed by atoms with E-state index in [0.717, 1.165) is 41.4 Å². The number of benzene rings is 1. The second-order valence-electron chi connectivity index (χ2n) is 7.25. The third kappa shape index (κ3) is 3.85.